The van der Waals surface area contributed by atoms with E-state index in [0.29, 0.717) is 44.2 Å². The SMILES string of the molecule is COC(=O)Cc1c(C)c(C)c2nc(-c3cccc(-c4cc(F)ccc4O)c3)cn2c1N1CCC(C)(OCCOCCOCc2ccccc2)CC1. The van der Waals surface area contributed by atoms with Crippen molar-refractivity contribution in [3.63, 3.8) is 0 Å². The summed E-state index contributed by atoms with van der Waals surface area (Å²) in [6.07, 6.45) is 3.71. The first-order valence-electron chi connectivity index (χ1n) is 17.4. The van der Waals surface area contributed by atoms with Crippen LogP contribution >= 0.6 is 0 Å². The number of anilines is 1. The molecule has 0 atom stereocenters. The van der Waals surface area contributed by atoms with Crippen molar-refractivity contribution in [1.29, 1.82) is 0 Å². The van der Waals surface area contributed by atoms with Crippen LogP contribution in [0.4, 0.5) is 10.2 Å². The number of phenols is 1. The smallest absolute Gasteiger partial charge is 0.310 e. The van der Waals surface area contributed by atoms with E-state index < -0.39 is 5.82 Å². The van der Waals surface area contributed by atoms with E-state index >= 15 is 0 Å². The Balaban J connectivity index is 1.17. The average molecular weight is 696 g/mol. The van der Waals surface area contributed by atoms with E-state index in [4.69, 9.17) is 23.9 Å². The van der Waals surface area contributed by atoms with Crippen LogP contribution in [0.15, 0.2) is 79.0 Å². The molecule has 268 valence electrons. The zero-order valence-electron chi connectivity index (χ0n) is 29.8. The van der Waals surface area contributed by atoms with Gasteiger partial charge < -0.3 is 29.0 Å². The number of hydrogen-bond donors (Lipinski definition) is 1. The second-order valence-corrected chi connectivity index (χ2v) is 13.3. The van der Waals surface area contributed by atoms with Gasteiger partial charge in [-0.1, -0.05) is 48.5 Å². The Kier molecular flexibility index (Phi) is 11.3. The number of imidazole rings is 1. The highest BCUT2D eigenvalue weighted by Gasteiger charge is 2.33. The Hall–Kier alpha value is -4.77. The summed E-state index contributed by atoms with van der Waals surface area (Å²) in [5.74, 6) is 0.183. The number of hydrogen-bond acceptors (Lipinski definition) is 8. The molecule has 0 amide bonds. The van der Waals surface area contributed by atoms with Crippen molar-refractivity contribution >= 4 is 17.4 Å². The summed E-state index contributed by atoms with van der Waals surface area (Å²) in [7, 11) is 1.41. The number of esters is 1. The van der Waals surface area contributed by atoms with Gasteiger partial charge in [0.1, 0.15) is 23.0 Å². The largest absolute Gasteiger partial charge is 0.507 e. The normalized spacial score (nSPS) is 14.3. The Bertz CT molecular complexity index is 1970. The van der Waals surface area contributed by atoms with E-state index in [0.717, 1.165) is 70.9 Å². The highest BCUT2D eigenvalue weighted by atomic mass is 19.1. The first-order chi connectivity index (χ1) is 24.7. The van der Waals surface area contributed by atoms with Gasteiger partial charge in [0, 0.05) is 36.0 Å². The van der Waals surface area contributed by atoms with Crippen LogP contribution in [0.5, 0.6) is 5.75 Å². The van der Waals surface area contributed by atoms with Gasteiger partial charge in [-0.2, -0.15) is 0 Å². The summed E-state index contributed by atoms with van der Waals surface area (Å²) in [6, 6.07) is 21.6. The zero-order valence-corrected chi connectivity index (χ0v) is 29.8. The summed E-state index contributed by atoms with van der Waals surface area (Å²) in [5, 5.41) is 10.5. The second kappa shape index (κ2) is 16.1. The maximum atomic E-state index is 14.1. The molecule has 1 N–H and O–H groups in total. The molecular formula is C41H46FN3O6. The number of methoxy groups -OCH3 is 1. The van der Waals surface area contributed by atoms with Crippen LogP contribution in [0.25, 0.3) is 28.0 Å². The third-order valence-corrected chi connectivity index (χ3v) is 9.81. The molecule has 1 saturated heterocycles. The molecule has 0 radical (unpaired) electrons. The van der Waals surface area contributed by atoms with Crippen molar-refractivity contribution in [1.82, 2.24) is 9.38 Å². The molecule has 51 heavy (non-hydrogen) atoms. The van der Waals surface area contributed by atoms with Gasteiger partial charge in [0.15, 0.2) is 0 Å². The average Bonchev–Trinajstić information content (AvgIpc) is 3.59. The molecular weight excluding hydrogens is 649 g/mol. The predicted octanol–water partition coefficient (Wildman–Crippen LogP) is 7.45. The number of benzene rings is 3. The van der Waals surface area contributed by atoms with Gasteiger partial charge >= 0.3 is 5.97 Å². The Morgan fingerprint density at radius 3 is 2.39 bits per heavy atom. The first kappa shape index (κ1) is 36.0. The number of ether oxygens (including phenoxy) is 4. The minimum absolute atomic E-state index is 0.00231. The van der Waals surface area contributed by atoms with Crippen LogP contribution in [0, 0.1) is 19.7 Å². The van der Waals surface area contributed by atoms with Crippen molar-refractivity contribution in [2.45, 2.75) is 52.2 Å². The number of phenolic OH excluding ortho intramolecular Hbond substituents is 1. The molecule has 9 nitrogen and oxygen atoms in total. The molecule has 0 spiro atoms. The van der Waals surface area contributed by atoms with E-state index in [1.807, 2.05) is 74.6 Å². The fourth-order valence-electron chi connectivity index (χ4n) is 6.68. The Morgan fingerprint density at radius 1 is 0.902 bits per heavy atom. The van der Waals surface area contributed by atoms with Crippen molar-refractivity contribution in [2.75, 3.05) is 51.5 Å². The number of aryl methyl sites for hydroxylation is 1. The highest BCUT2D eigenvalue weighted by Crippen LogP contribution is 2.37. The number of nitrogens with zero attached hydrogens (tertiary/aromatic N) is 3. The lowest BCUT2D eigenvalue weighted by Gasteiger charge is -2.41. The van der Waals surface area contributed by atoms with Gasteiger partial charge in [0.05, 0.1) is 57.9 Å². The van der Waals surface area contributed by atoms with E-state index in [1.165, 1.54) is 25.3 Å². The number of carbonyl (C=O) groups is 1. The molecule has 5 aromatic rings. The summed E-state index contributed by atoms with van der Waals surface area (Å²) in [5.41, 5.74) is 7.12. The summed E-state index contributed by atoms with van der Waals surface area (Å²) >= 11 is 0. The molecule has 6 rings (SSSR count). The highest BCUT2D eigenvalue weighted by molar-refractivity contribution is 5.80. The van der Waals surface area contributed by atoms with Crippen molar-refractivity contribution in [2.24, 2.45) is 0 Å². The van der Waals surface area contributed by atoms with Crippen LogP contribution in [-0.4, -0.2) is 72.7 Å². The van der Waals surface area contributed by atoms with Gasteiger partial charge in [0.25, 0.3) is 0 Å². The fourth-order valence-corrected chi connectivity index (χ4v) is 6.68. The summed E-state index contributed by atoms with van der Waals surface area (Å²) in [4.78, 5) is 20.1. The third-order valence-electron chi connectivity index (χ3n) is 9.81. The second-order valence-electron chi connectivity index (χ2n) is 13.3. The molecule has 2 aromatic heterocycles. The topological polar surface area (TPSA) is 94.8 Å². The van der Waals surface area contributed by atoms with Crippen LogP contribution in [-0.2, 0) is 36.8 Å². The quantitative estimate of drug-likeness (QED) is 0.0946. The summed E-state index contributed by atoms with van der Waals surface area (Å²) in [6.45, 7) is 10.2. The number of fused-ring (bicyclic) bond motifs is 1. The molecule has 3 heterocycles. The standard InChI is InChI=1S/C41H46FN3O6/c1-28-29(2)39-43-36(32-12-8-11-31(23-32)35-24-33(42)13-14-37(35)46)26-45(39)40(34(28)25-38(47)48-4)44-17-15-41(3,16-18-44)51-22-21-49-19-20-50-27-30-9-6-5-7-10-30/h5-14,23-24,26,46H,15-22,25,27H2,1-4H3. The maximum Gasteiger partial charge on any atom is 0.310 e. The van der Waals surface area contributed by atoms with Crippen molar-refractivity contribution in [3.05, 3.63) is 107 Å². The number of aromatic nitrogens is 2. The first-order valence-corrected chi connectivity index (χ1v) is 17.4. The lowest BCUT2D eigenvalue weighted by Crippen LogP contribution is -2.45. The summed E-state index contributed by atoms with van der Waals surface area (Å²) < 4.78 is 39.1. The minimum Gasteiger partial charge on any atom is -0.507 e. The number of halogens is 1. The van der Waals surface area contributed by atoms with E-state index in [1.54, 1.807) is 0 Å². The van der Waals surface area contributed by atoms with Gasteiger partial charge in [0.2, 0.25) is 0 Å². The lowest BCUT2D eigenvalue weighted by molar-refractivity contribution is -0.139. The Labute approximate surface area is 298 Å². The molecule has 0 saturated carbocycles. The van der Waals surface area contributed by atoms with Crippen LogP contribution in [0.3, 0.4) is 0 Å². The van der Waals surface area contributed by atoms with Crippen molar-refractivity contribution in [3.8, 4) is 28.1 Å². The maximum absolute atomic E-state index is 14.1. The minimum atomic E-state index is -0.425. The van der Waals surface area contributed by atoms with Gasteiger partial charge in [-0.15, -0.1) is 0 Å². The molecule has 0 aliphatic carbocycles. The fraction of sp³-hybridized carbons (Fsp3) is 0.366. The van der Waals surface area contributed by atoms with E-state index in [9.17, 15) is 14.3 Å². The van der Waals surface area contributed by atoms with Crippen LogP contribution in [0.2, 0.25) is 0 Å². The molecule has 1 fully saturated rings. The molecule has 0 unspecified atom stereocenters. The number of piperidine rings is 1. The molecule has 10 heteroatoms. The van der Waals surface area contributed by atoms with Crippen LogP contribution < -0.4 is 4.90 Å². The molecule has 3 aromatic carbocycles. The third kappa shape index (κ3) is 8.41. The monoisotopic (exact) mass is 695 g/mol. The zero-order chi connectivity index (χ0) is 36.0. The van der Waals surface area contributed by atoms with Crippen LogP contribution in [0.1, 0.15) is 42.0 Å². The lowest BCUT2D eigenvalue weighted by atomic mass is 9.92. The van der Waals surface area contributed by atoms with E-state index in [2.05, 4.69) is 16.2 Å². The van der Waals surface area contributed by atoms with E-state index in [-0.39, 0.29) is 23.7 Å². The van der Waals surface area contributed by atoms with Gasteiger partial charge in [-0.25, -0.2) is 9.37 Å². The molecule has 1 aliphatic heterocycles. The number of pyridine rings is 1. The van der Waals surface area contributed by atoms with Gasteiger partial charge in [-0.05, 0) is 80.1 Å². The number of aromatic hydroxyl groups is 1. The number of rotatable bonds is 14. The molecule has 0 bridgehead atoms. The molecule has 1 aliphatic rings. The Morgan fingerprint density at radius 2 is 1.63 bits per heavy atom. The van der Waals surface area contributed by atoms with Gasteiger partial charge in [-0.3, -0.25) is 9.20 Å². The van der Waals surface area contributed by atoms with Crippen molar-refractivity contribution < 1.29 is 33.2 Å². The predicted molar refractivity (Wildman–Crippen MR) is 196 cm³/mol. The number of carbonyl (C=O) groups excluding carboxylic acids is 1.